The highest BCUT2D eigenvalue weighted by Gasteiger charge is 2.34. The van der Waals surface area contributed by atoms with Crippen molar-refractivity contribution in [2.45, 2.75) is 51.0 Å². The number of nitrogens with zero attached hydrogens (tertiary/aromatic N) is 2. The van der Waals surface area contributed by atoms with E-state index in [-0.39, 0.29) is 12.0 Å². The smallest absolute Gasteiger partial charge is 0.119 e. The zero-order chi connectivity index (χ0) is 24.0. The van der Waals surface area contributed by atoms with Crippen molar-refractivity contribution in [2.75, 3.05) is 33.4 Å². The van der Waals surface area contributed by atoms with Crippen molar-refractivity contribution in [1.82, 2.24) is 9.88 Å². The van der Waals surface area contributed by atoms with Crippen LogP contribution in [0.1, 0.15) is 55.8 Å². The number of unbranched alkanes of at least 4 members (excludes halogenated alkanes) is 1. The average molecular weight is 503 g/mol. The first kappa shape index (κ1) is 25.4. The summed E-state index contributed by atoms with van der Waals surface area (Å²) in [6, 6.07) is 7.83. The summed E-state index contributed by atoms with van der Waals surface area (Å²) < 4.78 is 5.36. The maximum atomic E-state index is 11.1. The Bertz CT molecular complexity index is 1050. The molecule has 1 atom stereocenters. The number of hydrogen-bond acceptors (Lipinski definition) is 6. The molecule has 1 aromatic carbocycles. The molecule has 7 heteroatoms. The van der Waals surface area contributed by atoms with Crippen molar-refractivity contribution in [3.8, 4) is 5.75 Å². The Hall–Kier alpha value is -1.70. The van der Waals surface area contributed by atoms with Gasteiger partial charge in [-0.1, -0.05) is 11.6 Å². The Morgan fingerprint density at radius 1 is 1.24 bits per heavy atom. The zero-order valence-electron chi connectivity index (χ0n) is 19.9. The van der Waals surface area contributed by atoms with E-state index in [1.54, 1.807) is 24.6 Å². The van der Waals surface area contributed by atoms with Gasteiger partial charge >= 0.3 is 0 Å². The lowest BCUT2D eigenvalue weighted by molar-refractivity contribution is 0.0233. The van der Waals surface area contributed by atoms with Gasteiger partial charge in [-0.3, -0.25) is 4.98 Å². The average Bonchev–Trinajstić information content (AvgIpc) is 3.39. The fourth-order valence-electron chi connectivity index (χ4n) is 5.06. The Kier molecular flexibility index (Phi) is 8.83. The molecule has 2 aromatic heterocycles. The Balaban J connectivity index is 1.31. The maximum Gasteiger partial charge on any atom is 0.119 e. The van der Waals surface area contributed by atoms with Gasteiger partial charge in [0.25, 0.3) is 0 Å². The maximum absolute atomic E-state index is 11.1. The van der Waals surface area contributed by atoms with E-state index in [0.717, 1.165) is 56.2 Å². The van der Waals surface area contributed by atoms with Gasteiger partial charge in [0.1, 0.15) is 5.75 Å². The number of thiophene rings is 1. The van der Waals surface area contributed by atoms with Crippen LogP contribution in [-0.2, 0) is 6.42 Å². The number of hydrogen-bond donors (Lipinski definition) is 2. The van der Waals surface area contributed by atoms with E-state index in [9.17, 15) is 10.2 Å². The molecule has 184 valence electrons. The molecule has 1 unspecified atom stereocenters. The molecule has 2 N–H and O–H groups in total. The third kappa shape index (κ3) is 6.10. The molecule has 3 heterocycles. The van der Waals surface area contributed by atoms with Gasteiger partial charge in [0.2, 0.25) is 0 Å². The van der Waals surface area contributed by atoms with Gasteiger partial charge in [0.05, 0.1) is 23.8 Å². The first-order valence-electron chi connectivity index (χ1n) is 12.2. The number of methoxy groups -OCH3 is 1. The summed E-state index contributed by atoms with van der Waals surface area (Å²) in [7, 11) is 1.62. The number of halogens is 1. The van der Waals surface area contributed by atoms with Crippen LogP contribution >= 0.6 is 22.9 Å². The SMILES string of the molecule is COc1ccc2ncc(Cl)c(C(O)CCC3(CO)CCN(CCCCc4ccsc4)CC3)c2c1. The van der Waals surface area contributed by atoms with Crippen LogP contribution in [-0.4, -0.2) is 53.4 Å². The fourth-order valence-corrected chi connectivity index (χ4v) is 6.04. The number of aromatic nitrogens is 1. The van der Waals surface area contributed by atoms with Gasteiger partial charge in [-0.05, 0) is 111 Å². The molecular formula is C27H35ClN2O3S. The number of likely N-dealkylation sites (tertiary alicyclic amines) is 1. The highest BCUT2D eigenvalue weighted by molar-refractivity contribution is 7.07. The molecule has 1 aliphatic rings. The minimum Gasteiger partial charge on any atom is -0.497 e. The largest absolute Gasteiger partial charge is 0.497 e. The summed E-state index contributed by atoms with van der Waals surface area (Å²) in [5.41, 5.74) is 2.79. The van der Waals surface area contributed by atoms with E-state index >= 15 is 0 Å². The summed E-state index contributed by atoms with van der Waals surface area (Å²) in [6.45, 7) is 3.29. The Labute approximate surface area is 211 Å². The second-order valence-corrected chi connectivity index (χ2v) is 10.7. The molecule has 0 spiro atoms. The molecule has 0 bridgehead atoms. The molecule has 0 amide bonds. The molecule has 3 aromatic rings. The highest BCUT2D eigenvalue weighted by Crippen LogP contribution is 2.40. The summed E-state index contributed by atoms with van der Waals surface area (Å²) in [5.74, 6) is 0.708. The van der Waals surface area contributed by atoms with Crippen molar-refractivity contribution in [1.29, 1.82) is 0 Å². The summed E-state index contributed by atoms with van der Waals surface area (Å²) in [6.07, 6.45) is 7.70. The number of rotatable bonds is 11. The van der Waals surface area contributed by atoms with Crippen molar-refractivity contribution in [2.24, 2.45) is 5.41 Å². The van der Waals surface area contributed by atoms with E-state index in [4.69, 9.17) is 16.3 Å². The number of ether oxygens (including phenoxy) is 1. The molecule has 4 rings (SSSR count). The van der Waals surface area contributed by atoms with Crippen molar-refractivity contribution in [3.63, 3.8) is 0 Å². The lowest BCUT2D eigenvalue weighted by atomic mass is 9.74. The predicted molar refractivity (Wildman–Crippen MR) is 140 cm³/mol. The van der Waals surface area contributed by atoms with Crippen LogP contribution < -0.4 is 4.74 Å². The summed E-state index contributed by atoms with van der Waals surface area (Å²) >= 11 is 8.24. The van der Waals surface area contributed by atoms with E-state index < -0.39 is 6.10 Å². The standard InChI is InChI=1S/C27H35ClN2O3S/c1-33-21-5-6-24-22(16-21)26(23(28)17-29-24)25(32)7-9-27(19-31)10-13-30(14-11-27)12-3-2-4-20-8-15-34-18-20/h5-6,8,15-18,25,31-32H,2-4,7,9-14,19H2,1H3. The number of aliphatic hydroxyl groups is 2. The molecule has 5 nitrogen and oxygen atoms in total. The molecular weight excluding hydrogens is 468 g/mol. The Morgan fingerprint density at radius 2 is 2.06 bits per heavy atom. The quantitative estimate of drug-likeness (QED) is 0.321. The Morgan fingerprint density at radius 3 is 2.76 bits per heavy atom. The third-order valence-corrected chi connectivity index (χ3v) is 8.40. The molecule has 1 saturated heterocycles. The van der Waals surface area contributed by atoms with Crippen LogP contribution in [0.25, 0.3) is 10.9 Å². The van der Waals surface area contributed by atoms with Gasteiger partial charge in [0.15, 0.2) is 0 Å². The fraction of sp³-hybridized carbons (Fsp3) is 0.519. The van der Waals surface area contributed by atoms with Crippen LogP contribution in [0.3, 0.4) is 0 Å². The third-order valence-electron chi connectivity index (χ3n) is 7.37. The zero-order valence-corrected chi connectivity index (χ0v) is 21.5. The molecule has 34 heavy (non-hydrogen) atoms. The second kappa shape index (κ2) is 11.8. The van der Waals surface area contributed by atoms with E-state index in [0.29, 0.717) is 22.8 Å². The van der Waals surface area contributed by atoms with Crippen molar-refractivity contribution >= 4 is 33.8 Å². The normalized spacial score (nSPS) is 17.2. The van der Waals surface area contributed by atoms with E-state index in [1.807, 2.05) is 18.2 Å². The predicted octanol–water partition coefficient (Wildman–Crippen LogP) is 5.87. The molecule has 0 saturated carbocycles. The summed E-state index contributed by atoms with van der Waals surface area (Å²) in [5, 5.41) is 27.1. The lowest BCUT2D eigenvalue weighted by Gasteiger charge is -2.41. The molecule has 1 fully saturated rings. The van der Waals surface area contributed by atoms with Crippen LogP contribution in [0.5, 0.6) is 5.75 Å². The minimum absolute atomic E-state index is 0.138. The monoisotopic (exact) mass is 502 g/mol. The number of aryl methyl sites for hydroxylation is 1. The molecule has 0 aliphatic carbocycles. The van der Waals surface area contributed by atoms with Crippen molar-refractivity contribution in [3.05, 3.63) is 57.4 Å². The van der Waals surface area contributed by atoms with Crippen LogP contribution in [0.15, 0.2) is 41.2 Å². The number of benzene rings is 1. The lowest BCUT2D eigenvalue weighted by Crippen LogP contribution is -2.42. The van der Waals surface area contributed by atoms with Crippen LogP contribution in [0, 0.1) is 5.41 Å². The number of pyridine rings is 1. The number of fused-ring (bicyclic) bond motifs is 1. The number of piperidine rings is 1. The first-order valence-corrected chi connectivity index (χ1v) is 13.5. The van der Waals surface area contributed by atoms with E-state index in [1.165, 1.54) is 18.4 Å². The van der Waals surface area contributed by atoms with Crippen LogP contribution in [0.4, 0.5) is 0 Å². The van der Waals surface area contributed by atoms with Gasteiger partial charge in [-0.15, -0.1) is 0 Å². The first-order chi connectivity index (χ1) is 16.5. The van der Waals surface area contributed by atoms with Gasteiger partial charge in [-0.25, -0.2) is 0 Å². The van der Waals surface area contributed by atoms with Crippen molar-refractivity contribution < 1.29 is 14.9 Å². The topological polar surface area (TPSA) is 65.8 Å². The van der Waals surface area contributed by atoms with Gasteiger partial charge in [0, 0.05) is 23.8 Å². The van der Waals surface area contributed by atoms with Gasteiger partial charge in [-0.2, -0.15) is 11.3 Å². The van der Waals surface area contributed by atoms with Crippen LogP contribution in [0.2, 0.25) is 5.02 Å². The highest BCUT2D eigenvalue weighted by atomic mass is 35.5. The molecule has 1 aliphatic heterocycles. The van der Waals surface area contributed by atoms with Gasteiger partial charge < -0.3 is 19.8 Å². The number of aliphatic hydroxyl groups excluding tert-OH is 2. The minimum atomic E-state index is -0.719. The second-order valence-electron chi connectivity index (χ2n) is 9.55. The van der Waals surface area contributed by atoms with E-state index in [2.05, 4.69) is 26.7 Å². The molecule has 0 radical (unpaired) electrons. The summed E-state index contributed by atoms with van der Waals surface area (Å²) in [4.78, 5) is 6.91.